The van der Waals surface area contributed by atoms with E-state index >= 15 is 0 Å². The van der Waals surface area contributed by atoms with E-state index in [1.165, 1.54) is 0 Å². The second-order valence-electron chi connectivity index (χ2n) is 5.07. The lowest BCUT2D eigenvalue weighted by Gasteiger charge is -2.21. The maximum Gasteiger partial charge on any atom is 0.0880 e. The molecule has 18 heavy (non-hydrogen) atoms. The lowest BCUT2D eigenvalue weighted by molar-refractivity contribution is 0.0901. The van der Waals surface area contributed by atoms with Gasteiger partial charge in [0.2, 0.25) is 0 Å². The van der Waals surface area contributed by atoms with Gasteiger partial charge in [-0.3, -0.25) is 0 Å². The van der Waals surface area contributed by atoms with Gasteiger partial charge in [0, 0.05) is 40.2 Å². The summed E-state index contributed by atoms with van der Waals surface area (Å²) < 4.78 is 6.92. The Morgan fingerprint density at radius 3 is 3.00 bits per heavy atom. The van der Waals surface area contributed by atoms with Gasteiger partial charge in [0.25, 0.3) is 0 Å². The largest absolute Gasteiger partial charge is 0.373 e. The lowest BCUT2D eigenvalue weighted by Crippen LogP contribution is -2.30. The van der Waals surface area contributed by atoms with Crippen LogP contribution in [0.4, 0.5) is 0 Å². The maximum atomic E-state index is 6.28. The molecule has 0 radical (unpaired) electrons. The molecule has 0 spiro atoms. The van der Waals surface area contributed by atoms with Gasteiger partial charge < -0.3 is 10.1 Å². The van der Waals surface area contributed by atoms with Crippen molar-refractivity contribution in [1.82, 2.24) is 5.32 Å². The summed E-state index contributed by atoms with van der Waals surface area (Å²) in [7, 11) is 0. The standard InChI is InChI=1S/C14H19BrClNO/c1-9(2)17-8-10-5-6-18-14(10)12-7-11(15)3-4-13(12)16/h3-4,7,9-10,14,17H,5-6,8H2,1-2H3. The average Bonchev–Trinajstić information content (AvgIpc) is 2.77. The zero-order chi connectivity index (χ0) is 13.1. The summed E-state index contributed by atoms with van der Waals surface area (Å²) in [4.78, 5) is 0. The molecular formula is C14H19BrClNO. The molecule has 1 heterocycles. The molecule has 4 heteroatoms. The van der Waals surface area contributed by atoms with Gasteiger partial charge in [0.1, 0.15) is 0 Å². The molecule has 0 aliphatic carbocycles. The Hall–Kier alpha value is -0.0900. The first-order valence-electron chi connectivity index (χ1n) is 6.38. The Kier molecular flexibility index (Phi) is 5.07. The number of halogens is 2. The fraction of sp³-hybridized carbons (Fsp3) is 0.571. The molecule has 0 saturated carbocycles. The normalized spacial score (nSPS) is 23.8. The highest BCUT2D eigenvalue weighted by Crippen LogP contribution is 2.38. The molecule has 1 aliphatic rings. The minimum atomic E-state index is 0.112. The predicted molar refractivity (Wildman–Crippen MR) is 79.1 cm³/mol. The Balaban J connectivity index is 2.13. The maximum absolute atomic E-state index is 6.28. The molecule has 1 aromatic rings. The van der Waals surface area contributed by atoms with Crippen LogP contribution in [0.2, 0.25) is 5.02 Å². The molecule has 1 aromatic carbocycles. The topological polar surface area (TPSA) is 21.3 Å². The van der Waals surface area contributed by atoms with E-state index in [-0.39, 0.29) is 6.10 Å². The Morgan fingerprint density at radius 2 is 2.28 bits per heavy atom. The van der Waals surface area contributed by atoms with Crippen molar-refractivity contribution in [1.29, 1.82) is 0 Å². The van der Waals surface area contributed by atoms with Crippen LogP contribution in [-0.2, 0) is 4.74 Å². The van der Waals surface area contributed by atoms with E-state index in [1.807, 2.05) is 12.1 Å². The first-order chi connectivity index (χ1) is 8.58. The third kappa shape index (κ3) is 3.47. The summed E-state index contributed by atoms with van der Waals surface area (Å²) in [6.45, 7) is 6.12. The van der Waals surface area contributed by atoms with Crippen LogP contribution in [-0.4, -0.2) is 19.2 Å². The molecule has 1 fully saturated rings. The van der Waals surface area contributed by atoms with Crippen LogP contribution >= 0.6 is 27.5 Å². The quantitative estimate of drug-likeness (QED) is 0.893. The van der Waals surface area contributed by atoms with Crippen molar-refractivity contribution < 1.29 is 4.74 Å². The van der Waals surface area contributed by atoms with Gasteiger partial charge in [0.15, 0.2) is 0 Å². The van der Waals surface area contributed by atoms with Gasteiger partial charge in [-0.05, 0) is 24.6 Å². The van der Waals surface area contributed by atoms with Crippen molar-refractivity contribution >= 4 is 27.5 Å². The Morgan fingerprint density at radius 1 is 1.50 bits per heavy atom. The van der Waals surface area contributed by atoms with Crippen LogP contribution in [0.5, 0.6) is 0 Å². The van der Waals surface area contributed by atoms with Crippen molar-refractivity contribution in [2.45, 2.75) is 32.4 Å². The summed E-state index contributed by atoms with van der Waals surface area (Å²) in [6.07, 6.45) is 1.20. The van der Waals surface area contributed by atoms with Gasteiger partial charge in [-0.15, -0.1) is 0 Å². The number of ether oxygens (including phenoxy) is 1. The molecule has 0 amide bonds. The van der Waals surface area contributed by atoms with E-state index in [1.54, 1.807) is 0 Å². The van der Waals surface area contributed by atoms with Crippen molar-refractivity contribution in [3.8, 4) is 0 Å². The minimum Gasteiger partial charge on any atom is -0.373 e. The molecule has 100 valence electrons. The summed E-state index contributed by atoms with van der Waals surface area (Å²) in [6, 6.07) is 6.46. The van der Waals surface area contributed by atoms with Crippen LogP contribution in [0, 0.1) is 5.92 Å². The van der Waals surface area contributed by atoms with Crippen molar-refractivity contribution in [3.05, 3.63) is 33.3 Å². The highest BCUT2D eigenvalue weighted by molar-refractivity contribution is 9.10. The summed E-state index contributed by atoms with van der Waals surface area (Å²) in [5.74, 6) is 0.499. The van der Waals surface area contributed by atoms with Gasteiger partial charge >= 0.3 is 0 Å². The van der Waals surface area contributed by atoms with E-state index in [4.69, 9.17) is 16.3 Å². The molecule has 0 aromatic heterocycles. The highest BCUT2D eigenvalue weighted by atomic mass is 79.9. The van der Waals surface area contributed by atoms with Crippen LogP contribution in [0.15, 0.2) is 22.7 Å². The fourth-order valence-electron chi connectivity index (χ4n) is 2.31. The number of hydrogen-bond acceptors (Lipinski definition) is 2. The predicted octanol–water partition coefficient (Wildman–Crippen LogP) is 4.18. The summed E-state index contributed by atoms with van der Waals surface area (Å²) in [5, 5.41) is 4.28. The molecule has 2 unspecified atom stereocenters. The molecule has 1 aliphatic heterocycles. The summed E-state index contributed by atoms with van der Waals surface area (Å²) in [5.41, 5.74) is 1.10. The Bertz CT molecular complexity index is 411. The molecule has 2 rings (SSSR count). The molecule has 2 atom stereocenters. The average molecular weight is 333 g/mol. The van der Waals surface area contributed by atoms with Gasteiger partial charge in [0.05, 0.1) is 6.10 Å². The van der Waals surface area contributed by atoms with Gasteiger partial charge in [-0.2, -0.15) is 0 Å². The van der Waals surface area contributed by atoms with Crippen LogP contribution in [0.25, 0.3) is 0 Å². The van der Waals surface area contributed by atoms with E-state index in [9.17, 15) is 0 Å². The molecule has 2 nitrogen and oxygen atoms in total. The molecular weight excluding hydrogens is 314 g/mol. The zero-order valence-corrected chi connectivity index (χ0v) is 13.1. The van der Waals surface area contributed by atoms with Crippen molar-refractivity contribution in [2.75, 3.05) is 13.2 Å². The fourth-order valence-corrected chi connectivity index (χ4v) is 2.91. The number of benzene rings is 1. The minimum absolute atomic E-state index is 0.112. The SMILES string of the molecule is CC(C)NCC1CCOC1c1cc(Br)ccc1Cl. The zero-order valence-electron chi connectivity index (χ0n) is 10.7. The molecule has 1 saturated heterocycles. The monoisotopic (exact) mass is 331 g/mol. The van der Waals surface area contributed by atoms with E-state index in [0.717, 1.165) is 34.6 Å². The number of nitrogens with one attached hydrogen (secondary N) is 1. The lowest BCUT2D eigenvalue weighted by atomic mass is 9.95. The second kappa shape index (κ2) is 6.38. The summed E-state index contributed by atoms with van der Waals surface area (Å²) >= 11 is 9.78. The molecule has 0 bridgehead atoms. The second-order valence-corrected chi connectivity index (χ2v) is 6.39. The number of hydrogen-bond donors (Lipinski definition) is 1. The third-order valence-corrected chi connectivity index (χ3v) is 4.10. The van der Waals surface area contributed by atoms with Gasteiger partial charge in [-0.1, -0.05) is 41.4 Å². The third-order valence-electron chi connectivity index (χ3n) is 3.27. The molecule has 1 N–H and O–H groups in total. The smallest absolute Gasteiger partial charge is 0.0880 e. The van der Waals surface area contributed by atoms with Crippen molar-refractivity contribution in [3.63, 3.8) is 0 Å². The van der Waals surface area contributed by atoms with Crippen molar-refractivity contribution in [2.24, 2.45) is 5.92 Å². The van der Waals surface area contributed by atoms with E-state index in [0.29, 0.717) is 12.0 Å². The first kappa shape index (κ1) is 14.3. The first-order valence-corrected chi connectivity index (χ1v) is 7.55. The van der Waals surface area contributed by atoms with E-state index < -0.39 is 0 Å². The van der Waals surface area contributed by atoms with Crippen LogP contribution in [0.1, 0.15) is 31.9 Å². The van der Waals surface area contributed by atoms with E-state index in [2.05, 4.69) is 41.2 Å². The van der Waals surface area contributed by atoms with Crippen LogP contribution < -0.4 is 5.32 Å². The van der Waals surface area contributed by atoms with Crippen LogP contribution in [0.3, 0.4) is 0 Å². The number of rotatable bonds is 4. The highest BCUT2D eigenvalue weighted by Gasteiger charge is 2.31. The Labute approximate surface area is 122 Å². The van der Waals surface area contributed by atoms with Gasteiger partial charge in [-0.25, -0.2) is 0 Å².